The Labute approximate surface area is 117 Å². The number of nitrogens with one attached hydrogen (secondary N) is 1. The molecule has 1 aromatic rings. The Morgan fingerprint density at radius 3 is 2.40 bits per heavy atom. The van der Waals surface area contributed by atoms with Crippen LogP contribution in [0, 0.1) is 0 Å². The summed E-state index contributed by atoms with van der Waals surface area (Å²) < 4.78 is 0. The van der Waals surface area contributed by atoms with Crippen LogP contribution < -0.4 is 5.32 Å². The number of anilines is 1. The summed E-state index contributed by atoms with van der Waals surface area (Å²) in [5.41, 5.74) is 1.28. The van der Waals surface area contributed by atoms with Crippen LogP contribution in [0.4, 0.5) is 5.69 Å². The van der Waals surface area contributed by atoms with Gasteiger partial charge in [0.25, 0.3) is 0 Å². The Morgan fingerprint density at radius 1 is 1.35 bits per heavy atom. The van der Waals surface area contributed by atoms with E-state index in [2.05, 4.69) is 10.4 Å². The molecule has 6 heteroatoms. The van der Waals surface area contributed by atoms with E-state index in [0.29, 0.717) is 12.1 Å². The van der Waals surface area contributed by atoms with Crippen LogP contribution in [0.15, 0.2) is 29.4 Å². The van der Waals surface area contributed by atoms with Gasteiger partial charge in [-0.3, -0.25) is 9.80 Å². The minimum absolute atomic E-state index is 0.130. The van der Waals surface area contributed by atoms with E-state index < -0.39 is 11.5 Å². The van der Waals surface area contributed by atoms with Crippen LogP contribution in [0.1, 0.15) is 25.8 Å². The first-order valence-electron chi connectivity index (χ1n) is 6.25. The molecule has 1 atom stereocenters. The van der Waals surface area contributed by atoms with E-state index in [1.807, 2.05) is 12.1 Å². The van der Waals surface area contributed by atoms with Gasteiger partial charge in [0.2, 0.25) is 5.91 Å². The number of hydrogen-bond donors (Lipinski definition) is 2. The number of carbonyl (C=O) groups is 2. The number of aliphatic carboxylic acids is 1. The number of benzene rings is 1. The number of nitrogens with zero attached hydrogens (tertiary/aromatic N) is 2. The van der Waals surface area contributed by atoms with E-state index >= 15 is 0 Å². The van der Waals surface area contributed by atoms with Crippen molar-refractivity contribution in [2.24, 2.45) is 5.10 Å². The zero-order chi connectivity index (χ0) is 14.9. The zero-order valence-electron chi connectivity index (χ0n) is 11.7. The van der Waals surface area contributed by atoms with Gasteiger partial charge in [-0.25, -0.2) is 4.79 Å². The second-order valence-corrected chi connectivity index (χ2v) is 5.08. The summed E-state index contributed by atoms with van der Waals surface area (Å²) in [7, 11) is 1.66. The number of carboxylic acids is 1. The van der Waals surface area contributed by atoms with Gasteiger partial charge in [0.05, 0.1) is 5.71 Å². The number of likely N-dealkylation sites (N-methyl/N-ethyl adjacent to an activating group) is 1. The van der Waals surface area contributed by atoms with Crippen molar-refractivity contribution in [1.82, 2.24) is 5.01 Å². The maximum absolute atomic E-state index is 11.3. The van der Waals surface area contributed by atoms with E-state index in [9.17, 15) is 14.7 Å². The number of amides is 1. The van der Waals surface area contributed by atoms with Gasteiger partial charge < -0.3 is 10.4 Å². The molecule has 106 valence electrons. The fourth-order valence-corrected chi connectivity index (χ4v) is 2.09. The molecule has 0 saturated heterocycles. The van der Waals surface area contributed by atoms with Gasteiger partial charge in [-0.2, -0.15) is 5.10 Å². The zero-order valence-corrected chi connectivity index (χ0v) is 11.7. The molecule has 1 aliphatic heterocycles. The first kappa shape index (κ1) is 14.0. The topological polar surface area (TPSA) is 82.0 Å². The highest BCUT2D eigenvalue weighted by Gasteiger charge is 2.43. The molecular weight excluding hydrogens is 258 g/mol. The Bertz CT molecular complexity index is 580. The molecule has 1 heterocycles. The molecule has 6 nitrogen and oxygen atoms in total. The largest absolute Gasteiger partial charge is 0.479 e. The van der Waals surface area contributed by atoms with Gasteiger partial charge in [0, 0.05) is 26.1 Å². The maximum atomic E-state index is 11.3. The molecule has 1 aromatic carbocycles. The van der Waals surface area contributed by atoms with Crippen molar-refractivity contribution in [3.63, 3.8) is 0 Å². The molecule has 0 fully saturated rings. The maximum Gasteiger partial charge on any atom is 0.331 e. The quantitative estimate of drug-likeness (QED) is 0.876. The van der Waals surface area contributed by atoms with E-state index in [-0.39, 0.29) is 5.91 Å². The van der Waals surface area contributed by atoms with Crippen LogP contribution in [-0.4, -0.2) is 40.3 Å². The summed E-state index contributed by atoms with van der Waals surface area (Å²) in [4.78, 5) is 22.3. The first-order chi connectivity index (χ1) is 9.33. The molecule has 1 unspecified atom stereocenters. The third-order valence-corrected chi connectivity index (χ3v) is 3.50. The second-order valence-electron chi connectivity index (χ2n) is 5.08. The monoisotopic (exact) mass is 275 g/mol. The molecule has 2 N–H and O–H groups in total. The first-order valence-corrected chi connectivity index (χ1v) is 6.25. The van der Waals surface area contributed by atoms with Crippen LogP contribution in [-0.2, 0) is 9.59 Å². The smallest absolute Gasteiger partial charge is 0.331 e. The highest BCUT2D eigenvalue weighted by molar-refractivity contribution is 6.05. The molecule has 1 aliphatic rings. The summed E-state index contributed by atoms with van der Waals surface area (Å²) in [6, 6.07) is 7.20. The van der Waals surface area contributed by atoms with Crippen LogP contribution in [0.2, 0.25) is 0 Å². The summed E-state index contributed by atoms with van der Waals surface area (Å²) in [5.74, 6) is -1.03. The molecule has 0 spiro atoms. The van der Waals surface area contributed by atoms with E-state index in [4.69, 9.17) is 0 Å². The van der Waals surface area contributed by atoms with Gasteiger partial charge >= 0.3 is 5.97 Å². The van der Waals surface area contributed by atoms with Crippen molar-refractivity contribution in [3.05, 3.63) is 29.8 Å². The van der Waals surface area contributed by atoms with Crippen molar-refractivity contribution in [3.8, 4) is 0 Å². The molecule has 0 saturated carbocycles. The van der Waals surface area contributed by atoms with Crippen LogP contribution >= 0.6 is 0 Å². The molecular formula is C14H17N3O3. The number of carboxylic acid groups (broad SMARTS) is 1. The molecule has 1 amide bonds. The molecule has 20 heavy (non-hydrogen) atoms. The average Bonchev–Trinajstić information content (AvgIpc) is 2.67. The Morgan fingerprint density at radius 2 is 1.95 bits per heavy atom. The number of hydrogen-bond acceptors (Lipinski definition) is 4. The number of carbonyl (C=O) groups excluding carboxylic acids is 1. The molecule has 0 aliphatic carbocycles. The lowest BCUT2D eigenvalue weighted by Crippen LogP contribution is -2.45. The lowest BCUT2D eigenvalue weighted by atomic mass is 9.93. The summed E-state index contributed by atoms with van der Waals surface area (Å²) in [6.45, 7) is 3.10. The fraction of sp³-hybridized carbons (Fsp3) is 0.357. The average molecular weight is 275 g/mol. The van der Waals surface area contributed by atoms with Gasteiger partial charge in [0.1, 0.15) is 0 Å². The summed E-state index contributed by atoms with van der Waals surface area (Å²) in [5, 5.41) is 17.8. The van der Waals surface area contributed by atoms with Crippen molar-refractivity contribution in [2.45, 2.75) is 25.8 Å². The highest BCUT2D eigenvalue weighted by Crippen LogP contribution is 2.29. The van der Waals surface area contributed by atoms with Gasteiger partial charge in [-0.05, 0) is 24.6 Å². The molecule has 2 rings (SSSR count). The van der Waals surface area contributed by atoms with E-state index in [1.54, 1.807) is 26.1 Å². The number of rotatable bonds is 3. The standard InChI is InChI=1S/C14H17N3O3/c1-9(18)15-11-6-4-10(5-7-11)12-8-14(2,13(19)20)17(3)16-12/h4-7H,8H2,1-3H3,(H,15,18)(H,19,20). The number of hydrazone groups is 1. The van der Waals surface area contributed by atoms with Crippen molar-refractivity contribution >= 4 is 23.3 Å². The Kier molecular flexibility index (Phi) is 3.48. The van der Waals surface area contributed by atoms with Crippen LogP contribution in [0.25, 0.3) is 0 Å². The van der Waals surface area contributed by atoms with Crippen molar-refractivity contribution in [2.75, 3.05) is 12.4 Å². The minimum atomic E-state index is -1.01. The lowest BCUT2D eigenvalue weighted by Gasteiger charge is -2.26. The summed E-state index contributed by atoms with van der Waals surface area (Å²) >= 11 is 0. The predicted octanol–water partition coefficient (Wildman–Crippen LogP) is 1.53. The third-order valence-electron chi connectivity index (χ3n) is 3.50. The van der Waals surface area contributed by atoms with Crippen LogP contribution in [0.5, 0.6) is 0 Å². The summed E-state index contributed by atoms with van der Waals surface area (Å²) in [6.07, 6.45) is 0.346. The van der Waals surface area contributed by atoms with Gasteiger partial charge in [-0.15, -0.1) is 0 Å². The van der Waals surface area contributed by atoms with Crippen molar-refractivity contribution in [1.29, 1.82) is 0 Å². The third kappa shape index (κ3) is 2.49. The van der Waals surface area contributed by atoms with Crippen LogP contribution in [0.3, 0.4) is 0 Å². The predicted molar refractivity (Wildman–Crippen MR) is 75.7 cm³/mol. The molecule has 0 bridgehead atoms. The fourth-order valence-electron chi connectivity index (χ4n) is 2.09. The SMILES string of the molecule is CC(=O)Nc1ccc(C2=NN(C)C(C)(C(=O)O)C2)cc1. The molecule has 0 aromatic heterocycles. The highest BCUT2D eigenvalue weighted by atomic mass is 16.4. The molecule has 0 radical (unpaired) electrons. The Balaban J connectivity index is 2.20. The second kappa shape index (κ2) is 4.96. The van der Waals surface area contributed by atoms with E-state index in [1.165, 1.54) is 11.9 Å². The van der Waals surface area contributed by atoms with Gasteiger partial charge in [-0.1, -0.05) is 12.1 Å². The van der Waals surface area contributed by atoms with Gasteiger partial charge in [0.15, 0.2) is 5.54 Å². The Hall–Kier alpha value is -2.37. The lowest BCUT2D eigenvalue weighted by molar-refractivity contribution is -0.148. The van der Waals surface area contributed by atoms with Crippen molar-refractivity contribution < 1.29 is 14.7 Å². The minimum Gasteiger partial charge on any atom is -0.479 e. The normalized spacial score (nSPS) is 21.6. The van der Waals surface area contributed by atoms with E-state index in [0.717, 1.165) is 11.3 Å².